The number of hydrogen-bond acceptors (Lipinski definition) is 8. The van der Waals surface area contributed by atoms with Gasteiger partial charge in [0, 0.05) is 59.4 Å². The zero-order valence-electron chi connectivity index (χ0n) is 24.0. The molecule has 2 aromatic rings. The lowest BCUT2D eigenvalue weighted by Gasteiger charge is -2.35. The van der Waals surface area contributed by atoms with E-state index in [9.17, 15) is 14.4 Å². The predicted molar refractivity (Wildman–Crippen MR) is 151 cm³/mol. The van der Waals surface area contributed by atoms with Crippen molar-refractivity contribution in [3.8, 4) is 11.8 Å². The minimum atomic E-state index is -0.516. The summed E-state index contributed by atoms with van der Waals surface area (Å²) in [6.45, 7) is 14.7. The van der Waals surface area contributed by atoms with Gasteiger partial charge in [-0.2, -0.15) is 4.98 Å². The average Bonchev–Trinajstić information content (AvgIpc) is 3.06. The van der Waals surface area contributed by atoms with E-state index in [1.54, 1.807) is 18.9 Å². The van der Waals surface area contributed by atoms with Gasteiger partial charge in [0.05, 0.1) is 6.54 Å². The highest BCUT2D eigenvalue weighted by Crippen LogP contribution is 2.20. The number of aromatic nitrogens is 4. The summed E-state index contributed by atoms with van der Waals surface area (Å²) >= 11 is 0. The molecule has 12 nitrogen and oxygen atoms in total. The zero-order valence-corrected chi connectivity index (χ0v) is 24.0. The highest BCUT2D eigenvalue weighted by molar-refractivity contribution is 5.75. The molecule has 4 rings (SSSR count). The smallest absolute Gasteiger partial charge is 0.410 e. The Labute approximate surface area is 229 Å². The van der Waals surface area contributed by atoms with Crippen LogP contribution in [0, 0.1) is 11.8 Å². The number of nitrogens with zero attached hydrogens (tertiary/aromatic N) is 7. The molecule has 4 heterocycles. The van der Waals surface area contributed by atoms with Crippen LogP contribution < -0.4 is 21.5 Å². The molecule has 12 heteroatoms. The summed E-state index contributed by atoms with van der Waals surface area (Å²) in [6, 6.07) is 0. The monoisotopic (exact) mass is 542 g/mol. The van der Waals surface area contributed by atoms with Crippen LogP contribution in [0.2, 0.25) is 0 Å². The minimum Gasteiger partial charge on any atom is -0.444 e. The van der Waals surface area contributed by atoms with Crippen molar-refractivity contribution >= 4 is 23.2 Å². The average molecular weight is 543 g/mol. The Morgan fingerprint density at radius 1 is 1.03 bits per heavy atom. The number of carbonyl (C=O) groups is 1. The standard InChI is InChI=1S/C27H42N8O4/c1-6-7-14-34-21-22(29-24(34)32-13-8-10-28-11-16-32)30(5)25(37)35(23(21)36)15-9-12-31-17-19-33(20-18-31)26(38)39-27(2,3)4/h28H,8-20H2,1-5H3. The van der Waals surface area contributed by atoms with Gasteiger partial charge in [-0.1, -0.05) is 5.92 Å². The molecule has 214 valence electrons. The number of hydrogen-bond donors (Lipinski definition) is 1. The van der Waals surface area contributed by atoms with Crippen LogP contribution in [0.3, 0.4) is 0 Å². The maximum Gasteiger partial charge on any atom is 0.410 e. The van der Waals surface area contributed by atoms with Crippen molar-refractivity contribution in [2.45, 2.75) is 59.2 Å². The Bertz CT molecular complexity index is 1340. The Kier molecular flexibility index (Phi) is 9.02. The molecule has 2 fully saturated rings. The van der Waals surface area contributed by atoms with Crippen LogP contribution in [-0.4, -0.2) is 99.1 Å². The first-order valence-corrected chi connectivity index (χ1v) is 13.9. The summed E-state index contributed by atoms with van der Waals surface area (Å²) in [5.74, 6) is 6.68. The summed E-state index contributed by atoms with van der Waals surface area (Å²) in [7, 11) is 1.67. The molecule has 0 unspecified atom stereocenters. The van der Waals surface area contributed by atoms with Crippen LogP contribution in [0.15, 0.2) is 9.59 Å². The second kappa shape index (κ2) is 12.3. The number of piperazine rings is 1. The van der Waals surface area contributed by atoms with Gasteiger partial charge in [0.1, 0.15) is 5.60 Å². The number of carbonyl (C=O) groups excluding carboxylic acids is 1. The highest BCUT2D eigenvalue weighted by atomic mass is 16.6. The normalized spacial score (nSPS) is 17.2. The summed E-state index contributed by atoms with van der Waals surface area (Å²) < 4.78 is 10.1. The SMILES string of the molecule is CC#CCn1c(N2CCCNCC2)nc2c1c(=O)n(CCCN1CCN(C(=O)OC(C)(C)C)CC1)c(=O)n2C. The maximum absolute atomic E-state index is 13.7. The van der Waals surface area contributed by atoms with Gasteiger partial charge in [-0.25, -0.2) is 9.59 Å². The zero-order chi connectivity index (χ0) is 28.2. The summed E-state index contributed by atoms with van der Waals surface area (Å²) in [5, 5.41) is 3.39. The number of anilines is 1. The fourth-order valence-electron chi connectivity index (χ4n) is 5.09. The van der Waals surface area contributed by atoms with Crippen LogP contribution in [0.1, 0.15) is 40.5 Å². The second-order valence-corrected chi connectivity index (χ2v) is 11.1. The topological polar surface area (TPSA) is 110 Å². The van der Waals surface area contributed by atoms with E-state index >= 15 is 0 Å². The van der Waals surface area contributed by atoms with Crippen molar-refractivity contribution in [2.75, 3.05) is 63.8 Å². The Balaban J connectivity index is 1.50. The molecular formula is C27H42N8O4. The minimum absolute atomic E-state index is 0.286. The van der Waals surface area contributed by atoms with E-state index < -0.39 is 5.60 Å². The number of rotatable bonds is 6. The third-order valence-corrected chi connectivity index (χ3v) is 7.13. The third-order valence-electron chi connectivity index (χ3n) is 7.13. The third kappa shape index (κ3) is 6.65. The molecule has 0 radical (unpaired) electrons. The fourth-order valence-corrected chi connectivity index (χ4v) is 5.09. The van der Waals surface area contributed by atoms with Gasteiger partial charge >= 0.3 is 11.8 Å². The van der Waals surface area contributed by atoms with Crippen molar-refractivity contribution < 1.29 is 9.53 Å². The number of ether oxygens (including phenoxy) is 1. The predicted octanol–water partition coefficient (Wildman–Crippen LogP) is 0.663. The van der Waals surface area contributed by atoms with Gasteiger partial charge in [-0.15, -0.1) is 5.92 Å². The largest absolute Gasteiger partial charge is 0.444 e. The van der Waals surface area contributed by atoms with Crippen LogP contribution in [0.25, 0.3) is 11.2 Å². The molecule has 2 aliphatic heterocycles. The van der Waals surface area contributed by atoms with Crippen LogP contribution >= 0.6 is 0 Å². The van der Waals surface area contributed by atoms with Crippen molar-refractivity contribution in [3.63, 3.8) is 0 Å². The highest BCUT2D eigenvalue weighted by Gasteiger charge is 2.26. The number of fused-ring (bicyclic) bond motifs is 1. The lowest BCUT2D eigenvalue weighted by Crippen LogP contribution is -2.50. The first-order valence-electron chi connectivity index (χ1n) is 13.9. The molecule has 0 aliphatic carbocycles. The van der Waals surface area contributed by atoms with Crippen molar-refractivity contribution in [1.82, 2.24) is 33.8 Å². The molecule has 1 N–H and O–H groups in total. The van der Waals surface area contributed by atoms with E-state index in [1.165, 1.54) is 9.13 Å². The van der Waals surface area contributed by atoms with Crippen molar-refractivity contribution in [3.05, 3.63) is 20.8 Å². The van der Waals surface area contributed by atoms with Gasteiger partial charge in [-0.3, -0.25) is 23.4 Å². The molecule has 2 aromatic heterocycles. The van der Waals surface area contributed by atoms with E-state index in [2.05, 4.69) is 27.0 Å². The quantitative estimate of drug-likeness (QED) is 0.531. The second-order valence-electron chi connectivity index (χ2n) is 11.1. The van der Waals surface area contributed by atoms with E-state index in [1.807, 2.05) is 25.3 Å². The number of amides is 1. The molecule has 0 spiro atoms. The van der Waals surface area contributed by atoms with E-state index in [4.69, 9.17) is 9.72 Å². The summed E-state index contributed by atoms with van der Waals surface area (Å²) in [6.07, 6.45) is 1.32. The van der Waals surface area contributed by atoms with Crippen molar-refractivity contribution in [2.24, 2.45) is 7.05 Å². The van der Waals surface area contributed by atoms with Crippen LogP contribution in [0.4, 0.5) is 10.7 Å². The fraction of sp³-hybridized carbons (Fsp3) is 0.704. The van der Waals surface area contributed by atoms with E-state index in [-0.39, 0.29) is 17.3 Å². The number of imidazole rings is 1. The van der Waals surface area contributed by atoms with Gasteiger partial charge in [-0.05, 0) is 53.6 Å². The van der Waals surface area contributed by atoms with Gasteiger partial charge < -0.3 is 19.9 Å². The first kappa shape index (κ1) is 28.7. The first-order chi connectivity index (χ1) is 18.6. The van der Waals surface area contributed by atoms with Crippen LogP contribution in [0.5, 0.6) is 0 Å². The molecule has 0 bridgehead atoms. The number of aryl methyl sites for hydroxylation is 1. The van der Waals surface area contributed by atoms with Crippen LogP contribution in [-0.2, 0) is 24.9 Å². The molecule has 0 aromatic carbocycles. The van der Waals surface area contributed by atoms with Gasteiger partial charge in [0.2, 0.25) is 5.95 Å². The Hall–Kier alpha value is -3.30. The Morgan fingerprint density at radius 2 is 1.77 bits per heavy atom. The molecule has 0 saturated carbocycles. The lowest BCUT2D eigenvalue weighted by atomic mass is 10.2. The number of nitrogens with one attached hydrogen (secondary N) is 1. The molecule has 0 atom stereocenters. The van der Waals surface area contributed by atoms with E-state index in [0.717, 1.165) is 52.2 Å². The molecule has 2 aliphatic rings. The molecule has 1 amide bonds. The summed E-state index contributed by atoms with van der Waals surface area (Å²) in [4.78, 5) is 50.2. The molecular weight excluding hydrogens is 500 g/mol. The summed E-state index contributed by atoms with van der Waals surface area (Å²) in [5.41, 5.74) is -0.397. The van der Waals surface area contributed by atoms with Gasteiger partial charge in [0.25, 0.3) is 5.56 Å². The van der Waals surface area contributed by atoms with E-state index in [0.29, 0.717) is 49.7 Å². The lowest BCUT2D eigenvalue weighted by molar-refractivity contribution is 0.0143. The molecule has 2 saturated heterocycles. The maximum atomic E-state index is 13.7. The molecule has 39 heavy (non-hydrogen) atoms. The van der Waals surface area contributed by atoms with Gasteiger partial charge in [0.15, 0.2) is 11.2 Å². The Morgan fingerprint density at radius 3 is 2.46 bits per heavy atom. The van der Waals surface area contributed by atoms with Crippen molar-refractivity contribution in [1.29, 1.82) is 0 Å².